The van der Waals surface area contributed by atoms with Crippen molar-refractivity contribution in [3.63, 3.8) is 0 Å². The number of sulfonamides is 1. The molecule has 10 heteroatoms. The lowest BCUT2D eigenvalue weighted by Crippen LogP contribution is -2.34. The number of rotatable bonds is 10. The average Bonchev–Trinajstić information content (AvgIpc) is 2.73. The Labute approximate surface area is 183 Å². The van der Waals surface area contributed by atoms with Gasteiger partial charge in [-0.3, -0.25) is 15.0 Å². The van der Waals surface area contributed by atoms with E-state index >= 15 is 0 Å². The first-order valence-electron chi connectivity index (χ1n) is 10.2. The smallest absolute Gasteiger partial charge is 0.293 e. The minimum Gasteiger partial charge on any atom is -0.378 e. The van der Waals surface area contributed by atoms with Crippen LogP contribution in [0.25, 0.3) is 0 Å². The van der Waals surface area contributed by atoms with Gasteiger partial charge in [0.2, 0.25) is 10.0 Å². The Kier molecular flexibility index (Phi) is 7.60. The fraction of sp³-hybridized carbons (Fsp3) is 0.429. The molecule has 9 nitrogen and oxygen atoms in total. The number of nitro benzene ring substituents is 1. The van der Waals surface area contributed by atoms with Gasteiger partial charge in [-0.05, 0) is 43.8 Å². The molecule has 1 aliphatic heterocycles. The van der Waals surface area contributed by atoms with Crippen molar-refractivity contribution < 1.29 is 13.3 Å². The van der Waals surface area contributed by atoms with Gasteiger partial charge < -0.3 is 10.2 Å². The highest BCUT2D eigenvalue weighted by Gasteiger charge is 2.22. The van der Waals surface area contributed by atoms with E-state index in [-0.39, 0.29) is 17.1 Å². The van der Waals surface area contributed by atoms with Gasteiger partial charge in [0.25, 0.3) is 5.69 Å². The van der Waals surface area contributed by atoms with Crippen LogP contribution in [0.5, 0.6) is 0 Å². The van der Waals surface area contributed by atoms with Gasteiger partial charge in [-0.2, -0.15) is 0 Å². The maximum atomic E-state index is 12.4. The molecule has 2 aromatic rings. The first-order chi connectivity index (χ1) is 14.8. The number of hydrogen-bond acceptors (Lipinski definition) is 7. The summed E-state index contributed by atoms with van der Waals surface area (Å²) in [7, 11) is -0.141. The summed E-state index contributed by atoms with van der Waals surface area (Å²) in [6, 6.07) is 12.3. The molecule has 1 aliphatic rings. The zero-order chi connectivity index (χ0) is 22.4. The van der Waals surface area contributed by atoms with Crippen molar-refractivity contribution in [2.24, 2.45) is 0 Å². The van der Waals surface area contributed by atoms with Crippen LogP contribution in [0.15, 0.2) is 47.4 Å². The number of benzene rings is 2. The lowest BCUT2D eigenvalue weighted by molar-refractivity contribution is -0.384. The van der Waals surface area contributed by atoms with Gasteiger partial charge in [0.15, 0.2) is 0 Å². The van der Waals surface area contributed by atoms with E-state index in [0.717, 1.165) is 32.1 Å². The topological polar surface area (TPSA) is 108 Å². The number of nitrogens with one attached hydrogen (secondary N) is 2. The van der Waals surface area contributed by atoms with E-state index in [4.69, 9.17) is 0 Å². The average molecular weight is 448 g/mol. The third kappa shape index (κ3) is 6.23. The molecule has 0 atom stereocenters. The standard InChI is InChI=1S/C21H29N5O4S/c1-24(2)13-11-23-31(29,30)19-7-8-20(21(15-19)26(27)28)22-10-14-25-12-9-17-5-3-4-6-18(17)16-25/h3-8,15,22-23H,9-14,16H2,1-2H3. The predicted octanol–water partition coefficient (Wildman–Crippen LogP) is 1.90. The van der Waals surface area contributed by atoms with E-state index in [2.05, 4.69) is 33.1 Å². The molecule has 3 rings (SSSR count). The fourth-order valence-corrected chi connectivity index (χ4v) is 4.60. The van der Waals surface area contributed by atoms with Crippen molar-refractivity contribution >= 4 is 21.4 Å². The molecule has 0 saturated heterocycles. The Balaban J connectivity index is 1.62. The lowest BCUT2D eigenvalue weighted by Gasteiger charge is -2.28. The second-order valence-corrected chi connectivity index (χ2v) is 9.63. The molecule has 2 aromatic carbocycles. The van der Waals surface area contributed by atoms with Crippen molar-refractivity contribution in [1.29, 1.82) is 0 Å². The summed E-state index contributed by atoms with van der Waals surface area (Å²) in [5, 5.41) is 14.6. The Morgan fingerprint density at radius 1 is 1.13 bits per heavy atom. The summed E-state index contributed by atoms with van der Waals surface area (Å²) >= 11 is 0. The summed E-state index contributed by atoms with van der Waals surface area (Å²) in [5.41, 5.74) is 2.75. The predicted molar refractivity (Wildman–Crippen MR) is 121 cm³/mol. The zero-order valence-corrected chi connectivity index (χ0v) is 18.7. The Hall–Kier alpha value is -2.53. The maximum Gasteiger partial charge on any atom is 0.293 e. The summed E-state index contributed by atoms with van der Waals surface area (Å²) in [6.45, 7) is 3.81. The minimum absolute atomic E-state index is 0.115. The SMILES string of the molecule is CN(C)CCNS(=O)(=O)c1ccc(NCCN2CCc3ccccc3C2)c([N+](=O)[O-])c1. The molecule has 0 radical (unpaired) electrons. The van der Waals surface area contributed by atoms with Gasteiger partial charge in [0.05, 0.1) is 9.82 Å². The number of hydrogen-bond donors (Lipinski definition) is 2. The monoisotopic (exact) mass is 447 g/mol. The van der Waals surface area contributed by atoms with Crippen LogP contribution in [0.1, 0.15) is 11.1 Å². The van der Waals surface area contributed by atoms with Crippen LogP contribution < -0.4 is 10.0 Å². The molecular weight excluding hydrogens is 418 g/mol. The normalized spacial score (nSPS) is 14.4. The molecule has 2 N–H and O–H groups in total. The highest BCUT2D eigenvalue weighted by atomic mass is 32.2. The van der Waals surface area contributed by atoms with Crippen LogP contribution >= 0.6 is 0 Å². The highest BCUT2D eigenvalue weighted by Crippen LogP contribution is 2.27. The number of likely N-dealkylation sites (N-methyl/N-ethyl adjacent to an activating group) is 1. The largest absolute Gasteiger partial charge is 0.378 e. The first-order valence-corrected chi connectivity index (χ1v) is 11.7. The molecule has 31 heavy (non-hydrogen) atoms. The van der Waals surface area contributed by atoms with E-state index in [1.54, 1.807) is 0 Å². The number of nitro groups is 1. The van der Waals surface area contributed by atoms with Gasteiger partial charge >= 0.3 is 0 Å². The Morgan fingerprint density at radius 3 is 2.58 bits per heavy atom. The molecular formula is C21H29N5O4S. The van der Waals surface area contributed by atoms with Gasteiger partial charge in [-0.15, -0.1) is 0 Å². The van der Waals surface area contributed by atoms with Crippen LogP contribution in [0, 0.1) is 10.1 Å². The van der Waals surface area contributed by atoms with E-state index in [1.165, 1.54) is 23.3 Å². The van der Waals surface area contributed by atoms with Crippen LogP contribution in [-0.4, -0.2) is 70.0 Å². The van der Waals surface area contributed by atoms with Crippen LogP contribution in [0.3, 0.4) is 0 Å². The summed E-state index contributed by atoms with van der Waals surface area (Å²) < 4.78 is 27.4. The summed E-state index contributed by atoms with van der Waals surface area (Å²) in [6.07, 6.45) is 0.990. The molecule has 168 valence electrons. The number of anilines is 1. The molecule has 0 aliphatic carbocycles. The molecule has 0 unspecified atom stereocenters. The number of fused-ring (bicyclic) bond motifs is 1. The van der Waals surface area contributed by atoms with Crippen LogP contribution in [0.4, 0.5) is 11.4 Å². The minimum atomic E-state index is -3.81. The van der Waals surface area contributed by atoms with Gasteiger partial charge in [-0.25, -0.2) is 13.1 Å². The maximum absolute atomic E-state index is 12.4. The Morgan fingerprint density at radius 2 is 1.87 bits per heavy atom. The van der Waals surface area contributed by atoms with E-state index in [0.29, 0.717) is 18.8 Å². The summed E-state index contributed by atoms with van der Waals surface area (Å²) in [5.74, 6) is 0. The van der Waals surface area contributed by atoms with E-state index < -0.39 is 14.9 Å². The quantitative estimate of drug-likeness (QED) is 0.423. The van der Waals surface area contributed by atoms with Crippen molar-refractivity contribution in [2.75, 3.05) is 52.1 Å². The first kappa shape index (κ1) is 23.1. The molecule has 0 bridgehead atoms. The van der Waals surface area contributed by atoms with Gasteiger partial charge in [0, 0.05) is 45.3 Å². The molecule has 0 spiro atoms. The van der Waals surface area contributed by atoms with E-state index in [1.807, 2.05) is 25.1 Å². The van der Waals surface area contributed by atoms with Crippen LogP contribution in [0.2, 0.25) is 0 Å². The van der Waals surface area contributed by atoms with Crippen molar-refractivity contribution in [3.8, 4) is 0 Å². The second-order valence-electron chi connectivity index (χ2n) is 7.86. The lowest BCUT2D eigenvalue weighted by atomic mass is 10.00. The fourth-order valence-electron chi connectivity index (χ4n) is 3.56. The molecule has 0 aromatic heterocycles. The van der Waals surface area contributed by atoms with E-state index in [9.17, 15) is 18.5 Å². The second kappa shape index (κ2) is 10.2. The molecule has 0 fully saturated rings. The van der Waals surface area contributed by atoms with Crippen molar-refractivity contribution in [2.45, 2.75) is 17.9 Å². The Bertz CT molecular complexity index is 1030. The third-order valence-corrected chi connectivity index (χ3v) is 6.74. The van der Waals surface area contributed by atoms with Crippen molar-refractivity contribution in [3.05, 3.63) is 63.7 Å². The highest BCUT2D eigenvalue weighted by molar-refractivity contribution is 7.89. The van der Waals surface area contributed by atoms with Gasteiger partial charge in [0.1, 0.15) is 5.69 Å². The zero-order valence-electron chi connectivity index (χ0n) is 17.9. The summed E-state index contributed by atoms with van der Waals surface area (Å²) in [4.78, 5) is 15.0. The van der Waals surface area contributed by atoms with Crippen molar-refractivity contribution in [1.82, 2.24) is 14.5 Å². The number of nitrogens with zero attached hydrogens (tertiary/aromatic N) is 3. The third-order valence-electron chi connectivity index (χ3n) is 5.28. The molecule has 0 saturated carbocycles. The molecule has 0 amide bonds. The molecule has 1 heterocycles. The van der Waals surface area contributed by atoms with Gasteiger partial charge in [-0.1, -0.05) is 24.3 Å². The van der Waals surface area contributed by atoms with Crippen LogP contribution in [-0.2, 0) is 23.0 Å².